The van der Waals surface area contributed by atoms with E-state index < -0.39 is 35.7 Å². The molecule has 156 valence electrons. The van der Waals surface area contributed by atoms with E-state index in [0.29, 0.717) is 18.7 Å². The van der Waals surface area contributed by atoms with E-state index in [0.717, 1.165) is 23.2 Å². The molecule has 8 heteroatoms. The van der Waals surface area contributed by atoms with Gasteiger partial charge in [-0.05, 0) is 22.3 Å². The number of carbonyl (C=O) groups excluding carboxylic acids is 1. The third-order valence-electron chi connectivity index (χ3n) is 4.93. The number of amides is 1. The van der Waals surface area contributed by atoms with Gasteiger partial charge in [-0.2, -0.15) is 0 Å². The molecule has 29 heavy (non-hydrogen) atoms. The van der Waals surface area contributed by atoms with Gasteiger partial charge in [-0.15, -0.1) is 0 Å². The van der Waals surface area contributed by atoms with Crippen molar-refractivity contribution in [2.24, 2.45) is 0 Å². The molecular weight excluding hydrogens is 421 g/mol. The highest BCUT2D eigenvalue weighted by Crippen LogP contribution is 2.25. The summed E-state index contributed by atoms with van der Waals surface area (Å²) in [4.78, 5) is 12.3. The third kappa shape index (κ3) is 5.66. The van der Waals surface area contributed by atoms with Gasteiger partial charge in [0.1, 0.15) is 19.0 Å². The number of likely N-dealkylation sites (tertiary alicyclic amines) is 1. The SMILES string of the molecule is O=C(N[C@H](CF)[C@H](O)c1ccc(-c2ccc(CN3CC(F)C3)cc2)cc1)C(Cl)Cl. The minimum Gasteiger partial charge on any atom is -0.386 e. The number of halogens is 4. The van der Waals surface area contributed by atoms with Gasteiger partial charge < -0.3 is 10.4 Å². The van der Waals surface area contributed by atoms with Crippen molar-refractivity contribution >= 4 is 29.1 Å². The average Bonchev–Trinajstić information content (AvgIpc) is 2.70. The van der Waals surface area contributed by atoms with Gasteiger partial charge in [-0.1, -0.05) is 71.7 Å². The van der Waals surface area contributed by atoms with E-state index in [9.17, 15) is 18.7 Å². The maximum Gasteiger partial charge on any atom is 0.253 e. The molecule has 0 saturated carbocycles. The molecular formula is C21H22Cl2F2N2O2. The van der Waals surface area contributed by atoms with Crippen molar-refractivity contribution in [3.05, 3.63) is 59.7 Å². The molecule has 0 spiro atoms. The number of alkyl halides is 4. The van der Waals surface area contributed by atoms with E-state index >= 15 is 0 Å². The molecule has 4 nitrogen and oxygen atoms in total. The van der Waals surface area contributed by atoms with Gasteiger partial charge in [0.05, 0.1) is 6.04 Å². The van der Waals surface area contributed by atoms with E-state index in [4.69, 9.17) is 23.2 Å². The zero-order valence-corrected chi connectivity index (χ0v) is 17.1. The Balaban J connectivity index is 1.63. The Morgan fingerprint density at radius 1 is 1.10 bits per heavy atom. The fourth-order valence-electron chi connectivity index (χ4n) is 3.25. The zero-order valence-electron chi connectivity index (χ0n) is 15.6. The minimum atomic E-state index is -1.33. The van der Waals surface area contributed by atoms with Crippen LogP contribution in [0.25, 0.3) is 11.1 Å². The summed E-state index contributed by atoms with van der Waals surface area (Å²) in [7, 11) is 0. The maximum absolute atomic E-state index is 13.3. The molecule has 1 fully saturated rings. The molecule has 1 aliphatic rings. The quantitative estimate of drug-likeness (QED) is 0.611. The molecule has 1 aliphatic heterocycles. The Bertz CT molecular complexity index is 812. The smallest absolute Gasteiger partial charge is 0.253 e. The molecule has 0 bridgehead atoms. The molecule has 1 heterocycles. The van der Waals surface area contributed by atoms with Crippen LogP contribution in [0.2, 0.25) is 0 Å². The third-order valence-corrected chi connectivity index (χ3v) is 5.33. The first kappa shape index (κ1) is 22.0. The standard InChI is InChI=1S/C21H22Cl2F2N2O2/c22-20(23)21(29)26-18(9-24)19(28)16-7-5-15(6-8-16)14-3-1-13(2-4-14)10-27-11-17(25)12-27/h1-8,17-20,28H,9-12H2,(H,26,29)/t18-,19-/m1/s1. The van der Waals surface area contributed by atoms with Crippen molar-refractivity contribution in [1.29, 1.82) is 0 Å². The summed E-state index contributed by atoms with van der Waals surface area (Å²) >= 11 is 10.9. The molecule has 2 aromatic rings. The monoisotopic (exact) mass is 442 g/mol. The Morgan fingerprint density at radius 3 is 2.14 bits per heavy atom. The van der Waals surface area contributed by atoms with E-state index in [2.05, 4.69) is 5.32 Å². The summed E-state index contributed by atoms with van der Waals surface area (Å²) in [5, 5.41) is 12.7. The first-order valence-corrected chi connectivity index (χ1v) is 10.1. The van der Waals surface area contributed by atoms with E-state index in [1.54, 1.807) is 12.1 Å². The van der Waals surface area contributed by atoms with Crippen molar-refractivity contribution in [3.63, 3.8) is 0 Å². The fraction of sp³-hybridized carbons (Fsp3) is 0.381. The first-order chi connectivity index (χ1) is 13.9. The van der Waals surface area contributed by atoms with Gasteiger partial charge in [0.25, 0.3) is 5.91 Å². The normalized spacial score (nSPS) is 17.0. The van der Waals surface area contributed by atoms with Crippen LogP contribution in [-0.4, -0.2) is 52.7 Å². The number of hydrogen-bond donors (Lipinski definition) is 2. The summed E-state index contributed by atoms with van der Waals surface area (Å²) in [5.74, 6) is -0.757. The summed E-state index contributed by atoms with van der Waals surface area (Å²) in [6.07, 6.45) is -1.94. The van der Waals surface area contributed by atoms with Crippen molar-refractivity contribution in [2.75, 3.05) is 19.8 Å². The summed E-state index contributed by atoms with van der Waals surface area (Å²) in [6, 6.07) is 13.8. The number of nitrogens with one attached hydrogen (secondary N) is 1. The second kappa shape index (κ2) is 9.85. The molecule has 0 unspecified atom stereocenters. The van der Waals surface area contributed by atoms with Crippen LogP contribution in [0.15, 0.2) is 48.5 Å². The number of carbonyl (C=O) groups is 1. The second-order valence-corrected chi connectivity index (χ2v) is 8.22. The topological polar surface area (TPSA) is 52.6 Å². The van der Waals surface area contributed by atoms with Crippen LogP contribution in [0.4, 0.5) is 8.78 Å². The van der Waals surface area contributed by atoms with E-state index in [1.165, 1.54) is 0 Å². The van der Waals surface area contributed by atoms with Crippen LogP contribution in [0.5, 0.6) is 0 Å². The number of aliphatic hydroxyl groups is 1. The Hall–Kier alpha value is -1.73. The summed E-state index contributed by atoms with van der Waals surface area (Å²) in [5.41, 5.74) is 3.51. The average molecular weight is 443 g/mol. The fourth-order valence-corrected chi connectivity index (χ4v) is 3.38. The Kier molecular flexibility index (Phi) is 7.46. The van der Waals surface area contributed by atoms with Crippen LogP contribution < -0.4 is 5.32 Å². The number of hydrogen-bond acceptors (Lipinski definition) is 3. The first-order valence-electron chi connectivity index (χ1n) is 9.25. The molecule has 0 aliphatic carbocycles. The van der Waals surface area contributed by atoms with Crippen molar-refractivity contribution in [3.8, 4) is 11.1 Å². The predicted molar refractivity (Wildman–Crippen MR) is 110 cm³/mol. The molecule has 3 rings (SSSR count). The molecule has 1 amide bonds. The molecule has 2 aromatic carbocycles. The number of rotatable bonds is 8. The Labute approximate surface area is 178 Å². The van der Waals surface area contributed by atoms with Gasteiger partial charge in [0, 0.05) is 19.6 Å². The predicted octanol–water partition coefficient (Wildman–Crippen LogP) is 3.80. The molecule has 2 N–H and O–H groups in total. The van der Waals surface area contributed by atoms with E-state index in [-0.39, 0.29) is 0 Å². The molecule has 0 radical (unpaired) electrons. The van der Waals surface area contributed by atoms with Crippen molar-refractivity contribution in [1.82, 2.24) is 10.2 Å². The molecule has 1 saturated heterocycles. The van der Waals surface area contributed by atoms with Crippen molar-refractivity contribution in [2.45, 2.75) is 29.7 Å². The van der Waals surface area contributed by atoms with E-state index in [1.807, 2.05) is 41.3 Å². The number of nitrogens with zero attached hydrogens (tertiary/aromatic N) is 1. The largest absolute Gasteiger partial charge is 0.386 e. The van der Waals surface area contributed by atoms with Gasteiger partial charge in [-0.3, -0.25) is 9.69 Å². The summed E-state index contributed by atoms with van der Waals surface area (Å²) < 4.78 is 26.2. The lowest BCUT2D eigenvalue weighted by Gasteiger charge is -2.34. The minimum absolute atomic E-state index is 0.465. The van der Waals surface area contributed by atoms with Gasteiger partial charge in [-0.25, -0.2) is 8.78 Å². The lowest BCUT2D eigenvalue weighted by Crippen LogP contribution is -2.47. The summed E-state index contributed by atoms with van der Waals surface area (Å²) in [6.45, 7) is 0.745. The number of benzene rings is 2. The highest BCUT2D eigenvalue weighted by Gasteiger charge is 2.26. The highest BCUT2D eigenvalue weighted by molar-refractivity contribution is 6.53. The van der Waals surface area contributed by atoms with Gasteiger partial charge >= 0.3 is 0 Å². The van der Waals surface area contributed by atoms with Crippen LogP contribution in [0, 0.1) is 0 Å². The lowest BCUT2D eigenvalue weighted by atomic mass is 9.98. The second-order valence-electron chi connectivity index (χ2n) is 7.13. The van der Waals surface area contributed by atoms with Gasteiger partial charge in [0.15, 0.2) is 4.84 Å². The highest BCUT2D eigenvalue weighted by atomic mass is 35.5. The van der Waals surface area contributed by atoms with Gasteiger partial charge in [0.2, 0.25) is 0 Å². The van der Waals surface area contributed by atoms with Crippen LogP contribution in [-0.2, 0) is 11.3 Å². The zero-order chi connectivity index (χ0) is 21.0. The van der Waals surface area contributed by atoms with Crippen molar-refractivity contribution < 1.29 is 18.7 Å². The molecule has 2 atom stereocenters. The lowest BCUT2D eigenvalue weighted by molar-refractivity contribution is -0.121. The maximum atomic E-state index is 13.3. The molecule has 0 aromatic heterocycles. The van der Waals surface area contributed by atoms with Crippen LogP contribution in [0.1, 0.15) is 17.2 Å². The van der Waals surface area contributed by atoms with Crippen LogP contribution >= 0.6 is 23.2 Å². The number of aliphatic hydroxyl groups excluding tert-OH is 1. The van der Waals surface area contributed by atoms with Crippen LogP contribution in [0.3, 0.4) is 0 Å². The Morgan fingerprint density at radius 2 is 1.66 bits per heavy atom.